The van der Waals surface area contributed by atoms with Gasteiger partial charge in [-0.1, -0.05) is 12.1 Å². The number of amides is 1. The van der Waals surface area contributed by atoms with Gasteiger partial charge in [-0.25, -0.2) is 4.99 Å². The Bertz CT molecular complexity index is 625. The van der Waals surface area contributed by atoms with Gasteiger partial charge in [0.25, 0.3) is 5.91 Å². The van der Waals surface area contributed by atoms with Crippen molar-refractivity contribution in [1.82, 2.24) is 16.0 Å². The van der Waals surface area contributed by atoms with Crippen LogP contribution in [0.2, 0.25) is 0 Å². The normalized spacial score (nSPS) is 12.2. The van der Waals surface area contributed by atoms with Crippen molar-refractivity contribution >= 4 is 35.8 Å². The van der Waals surface area contributed by atoms with Crippen molar-refractivity contribution in [2.75, 3.05) is 20.2 Å². The molecule has 0 aliphatic rings. The van der Waals surface area contributed by atoms with E-state index in [0.29, 0.717) is 18.7 Å². The lowest BCUT2D eigenvalue weighted by molar-refractivity contribution is 0.0268. The van der Waals surface area contributed by atoms with E-state index in [1.165, 1.54) is 0 Å². The summed E-state index contributed by atoms with van der Waals surface area (Å²) in [6.45, 7) is 13.9. The van der Waals surface area contributed by atoms with Crippen LogP contribution in [0.15, 0.2) is 29.3 Å². The quantitative estimate of drug-likeness (QED) is 0.312. The highest BCUT2D eigenvalue weighted by Crippen LogP contribution is 2.09. The summed E-state index contributed by atoms with van der Waals surface area (Å²) in [5.74, 6) is 0.650. The summed E-state index contributed by atoms with van der Waals surface area (Å²) in [6.07, 6.45) is 0. The van der Waals surface area contributed by atoms with Crippen LogP contribution in [-0.2, 0) is 11.3 Å². The lowest BCUT2D eigenvalue weighted by Gasteiger charge is -2.24. The maximum Gasteiger partial charge on any atom is 0.251 e. The van der Waals surface area contributed by atoms with Crippen molar-refractivity contribution in [3.63, 3.8) is 0 Å². The van der Waals surface area contributed by atoms with E-state index in [-0.39, 0.29) is 41.0 Å². The molecule has 1 amide bonds. The number of carbonyl (C=O) groups excluding carboxylic acids is 1. The van der Waals surface area contributed by atoms with Crippen molar-refractivity contribution in [2.24, 2.45) is 4.99 Å². The number of nitrogens with one attached hydrogen (secondary N) is 3. The van der Waals surface area contributed by atoms with Gasteiger partial charge in [0, 0.05) is 31.3 Å². The fraction of sp³-hybridized carbons (Fsp3) is 0.600. The molecule has 0 aliphatic heterocycles. The third-order valence-corrected chi connectivity index (χ3v) is 3.68. The maximum absolute atomic E-state index is 12.3. The van der Waals surface area contributed by atoms with Gasteiger partial charge in [-0.3, -0.25) is 4.79 Å². The molecule has 0 atom stereocenters. The van der Waals surface area contributed by atoms with E-state index in [0.717, 1.165) is 18.1 Å². The standard InChI is InChI=1S/C20H34N4O2.HI/c1-8-21-18(23-14-20(5,6)26-7)22-13-15-10-9-11-16(12-15)17(25)24-19(2,3)4;/h9-12H,8,13-14H2,1-7H3,(H,24,25)(H2,21,22,23);1H. The van der Waals surface area contributed by atoms with E-state index in [1.54, 1.807) is 7.11 Å². The molecule has 0 bridgehead atoms. The predicted molar refractivity (Wildman–Crippen MR) is 123 cm³/mol. The topological polar surface area (TPSA) is 74.8 Å². The monoisotopic (exact) mass is 490 g/mol. The molecule has 0 heterocycles. The van der Waals surface area contributed by atoms with Gasteiger partial charge < -0.3 is 20.7 Å². The van der Waals surface area contributed by atoms with Crippen molar-refractivity contribution < 1.29 is 9.53 Å². The molecule has 0 fully saturated rings. The van der Waals surface area contributed by atoms with Crippen molar-refractivity contribution in [3.05, 3.63) is 35.4 Å². The summed E-state index contributed by atoms with van der Waals surface area (Å²) < 4.78 is 5.42. The number of hydrogen-bond acceptors (Lipinski definition) is 3. The summed E-state index contributed by atoms with van der Waals surface area (Å²) in [4.78, 5) is 16.9. The fourth-order valence-corrected chi connectivity index (χ4v) is 2.10. The van der Waals surface area contributed by atoms with Gasteiger partial charge in [0.05, 0.1) is 12.1 Å². The van der Waals surface area contributed by atoms with Crippen LogP contribution in [0, 0.1) is 0 Å². The lowest BCUT2D eigenvalue weighted by Crippen LogP contribution is -2.45. The minimum Gasteiger partial charge on any atom is -0.377 e. The molecule has 0 spiro atoms. The second-order valence-electron chi connectivity index (χ2n) is 7.92. The largest absolute Gasteiger partial charge is 0.377 e. The molecule has 154 valence electrons. The molecule has 3 N–H and O–H groups in total. The number of ether oxygens (including phenoxy) is 1. The Balaban J connectivity index is 0.00000676. The summed E-state index contributed by atoms with van der Waals surface area (Å²) in [5.41, 5.74) is 1.09. The number of hydrogen-bond donors (Lipinski definition) is 3. The molecular weight excluding hydrogens is 455 g/mol. The minimum atomic E-state index is -0.277. The summed E-state index contributed by atoms with van der Waals surface area (Å²) in [6, 6.07) is 7.56. The molecule has 1 rings (SSSR count). The van der Waals surface area contributed by atoms with E-state index in [1.807, 2.05) is 65.8 Å². The molecule has 6 nitrogen and oxygen atoms in total. The molecule has 0 aliphatic carbocycles. The zero-order valence-corrected chi connectivity index (χ0v) is 19.9. The second kappa shape index (κ2) is 11.5. The van der Waals surface area contributed by atoms with Crippen molar-refractivity contribution in [2.45, 2.75) is 59.2 Å². The number of guanidine groups is 1. The van der Waals surface area contributed by atoms with Gasteiger partial charge in [-0.05, 0) is 59.2 Å². The molecule has 0 radical (unpaired) electrons. The first kappa shape index (κ1) is 25.6. The van der Waals surface area contributed by atoms with E-state index >= 15 is 0 Å². The number of methoxy groups -OCH3 is 1. The average molecular weight is 490 g/mol. The predicted octanol–water partition coefficient (Wildman–Crippen LogP) is 3.31. The molecular formula is C20H35IN4O2. The molecule has 0 saturated heterocycles. The molecule has 27 heavy (non-hydrogen) atoms. The number of benzene rings is 1. The molecule has 7 heteroatoms. The Labute approximate surface area is 181 Å². The van der Waals surface area contributed by atoms with Crippen LogP contribution >= 0.6 is 24.0 Å². The molecule has 1 aromatic rings. The van der Waals surface area contributed by atoms with Gasteiger partial charge in [0.2, 0.25) is 0 Å². The van der Waals surface area contributed by atoms with Gasteiger partial charge in [0.1, 0.15) is 0 Å². The average Bonchev–Trinajstić information content (AvgIpc) is 2.56. The van der Waals surface area contributed by atoms with Gasteiger partial charge in [0.15, 0.2) is 5.96 Å². The summed E-state index contributed by atoms with van der Waals surface area (Å²) in [5, 5.41) is 9.49. The van der Waals surface area contributed by atoms with Crippen LogP contribution in [0.1, 0.15) is 57.5 Å². The molecule has 0 saturated carbocycles. The number of carbonyl (C=O) groups is 1. The van der Waals surface area contributed by atoms with Crippen LogP contribution in [0.5, 0.6) is 0 Å². The number of rotatable bonds is 7. The smallest absolute Gasteiger partial charge is 0.251 e. The highest BCUT2D eigenvalue weighted by atomic mass is 127. The van der Waals surface area contributed by atoms with Crippen LogP contribution in [-0.4, -0.2) is 43.2 Å². The summed E-state index contributed by atoms with van der Waals surface area (Å²) in [7, 11) is 1.69. The first-order valence-electron chi connectivity index (χ1n) is 9.05. The SMILES string of the molecule is CCNC(=NCc1cccc(C(=O)NC(C)(C)C)c1)NCC(C)(C)OC.I. The van der Waals surface area contributed by atoms with E-state index in [4.69, 9.17) is 4.74 Å². The number of aliphatic imine (C=N–C) groups is 1. The Kier molecular flexibility index (Phi) is 10.9. The highest BCUT2D eigenvalue weighted by molar-refractivity contribution is 14.0. The first-order valence-corrected chi connectivity index (χ1v) is 9.05. The lowest BCUT2D eigenvalue weighted by atomic mass is 10.1. The molecule has 1 aromatic carbocycles. The number of halogens is 1. The third-order valence-electron chi connectivity index (χ3n) is 3.68. The van der Waals surface area contributed by atoms with Gasteiger partial charge >= 0.3 is 0 Å². The Morgan fingerprint density at radius 2 is 1.81 bits per heavy atom. The zero-order chi connectivity index (χ0) is 19.8. The minimum absolute atomic E-state index is 0. The third kappa shape index (κ3) is 10.5. The Morgan fingerprint density at radius 3 is 2.37 bits per heavy atom. The van der Waals surface area contributed by atoms with Crippen LogP contribution in [0.3, 0.4) is 0 Å². The van der Waals surface area contributed by atoms with Crippen LogP contribution in [0.25, 0.3) is 0 Å². The van der Waals surface area contributed by atoms with E-state index in [9.17, 15) is 4.79 Å². The number of nitrogens with zero attached hydrogens (tertiary/aromatic N) is 1. The van der Waals surface area contributed by atoms with Gasteiger partial charge in [-0.2, -0.15) is 0 Å². The fourth-order valence-electron chi connectivity index (χ4n) is 2.10. The Morgan fingerprint density at radius 1 is 1.15 bits per heavy atom. The van der Waals surface area contributed by atoms with Crippen molar-refractivity contribution in [1.29, 1.82) is 0 Å². The van der Waals surface area contributed by atoms with Crippen LogP contribution in [0.4, 0.5) is 0 Å². The second-order valence-corrected chi connectivity index (χ2v) is 7.92. The maximum atomic E-state index is 12.3. The zero-order valence-electron chi connectivity index (χ0n) is 17.6. The van der Waals surface area contributed by atoms with E-state index in [2.05, 4.69) is 20.9 Å². The van der Waals surface area contributed by atoms with Gasteiger partial charge in [-0.15, -0.1) is 24.0 Å². The molecule has 0 aromatic heterocycles. The van der Waals surface area contributed by atoms with E-state index < -0.39 is 0 Å². The highest BCUT2D eigenvalue weighted by Gasteiger charge is 2.17. The summed E-state index contributed by atoms with van der Waals surface area (Å²) >= 11 is 0. The molecule has 0 unspecified atom stereocenters. The first-order chi connectivity index (χ1) is 12.1. The van der Waals surface area contributed by atoms with Crippen LogP contribution < -0.4 is 16.0 Å². The van der Waals surface area contributed by atoms with Crippen molar-refractivity contribution in [3.8, 4) is 0 Å². The Hall–Kier alpha value is -1.35.